The van der Waals surface area contributed by atoms with Crippen LogP contribution in [-0.4, -0.2) is 41.5 Å². The summed E-state index contributed by atoms with van der Waals surface area (Å²) >= 11 is 0. The monoisotopic (exact) mass is 546 g/mol. The minimum atomic E-state index is -0.426. The quantitative estimate of drug-likeness (QED) is 0.472. The van der Waals surface area contributed by atoms with Gasteiger partial charge in [-0.3, -0.25) is 28.8 Å². The van der Waals surface area contributed by atoms with Crippen LogP contribution in [-0.2, 0) is 33.6 Å². The van der Waals surface area contributed by atoms with Gasteiger partial charge in [-0.05, 0) is 97.6 Å². The molecular weight excluding hydrogens is 508 g/mol. The van der Waals surface area contributed by atoms with Crippen molar-refractivity contribution in [3.05, 3.63) is 47.6 Å². The first-order valence-corrected chi connectivity index (χ1v) is 14.0. The number of allylic oxidation sites excluding steroid dienone is 8. The minimum Gasteiger partial charge on any atom is -0.307 e. The molecule has 4 fully saturated rings. The molecule has 0 radical (unpaired) electrons. The molecule has 0 saturated heterocycles. The highest BCUT2D eigenvalue weighted by atomic mass is 16.2. The van der Waals surface area contributed by atoms with Crippen LogP contribution >= 0.6 is 0 Å². The van der Waals surface area contributed by atoms with E-state index < -0.39 is 10.8 Å². The molecule has 212 valence electrons. The zero-order valence-corrected chi connectivity index (χ0v) is 23.8. The molecule has 6 aliphatic rings. The lowest BCUT2D eigenvalue weighted by Crippen LogP contribution is -2.37. The third-order valence-electron chi connectivity index (χ3n) is 11.3. The predicted octanol–water partition coefficient (Wildman–Crippen LogP) is 4.63. The van der Waals surface area contributed by atoms with Gasteiger partial charge in [-0.25, -0.2) is 0 Å². The molecule has 4 atom stereocenters. The second-order valence-electron chi connectivity index (χ2n) is 13.2. The largest absolute Gasteiger partial charge is 0.307 e. The van der Waals surface area contributed by atoms with Crippen LogP contribution in [0.5, 0.6) is 0 Å². The van der Waals surface area contributed by atoms with Crippen molar-refractivity contribution in [2.75, 3.05) is 0 Å². The smallest absolute Gasteiger partial charge is 0.182 e. The summed E-state index contributed by atoms with van der Waals surface area (Å²) in [5.74, 6) is 0.901. The second-order valence-corrected chi connectivity index (χ2v) is 13.2. The van der Waals surface area contributed by atoms with Crippen molar-refractivity contribution in [1.29, 1.82) is 0 Å². The van der Waals surface area contributed by atoms with Crippen molar-refractivity contribution >= 4 is 41.5 Å². The summed E-state index contributed by atoms with van der Waals surface area (Å²) in [6.07, 6.45) is 14.0. The van der Waals surface area contributed by atoms with Gasteiger partial charge in [-0.2, -0.15) is 0 Å². The van der Waals surface area contributed by atoms with Gasteiger partial charge in [-0.1, -0.05) is 27.7 Å². The molecule has 0 N–H and O–H groups in total. The van der Waals surface area contributed by atoms with E-state index in [-0.39, 0.29) is 45.5 Å². The molecule has 0 aromatic heterocycles. The standard InChI is InChI=1S/2C16H18O3.CH2O/c2*1-15(2)11-5-6-16(15,14(19)8-11)9-10-7-12(17)3-4-13(10)18;1-2/h2*3-4,7,11H,5-6,8-9H2,1-2H3;1H2. The molecule has 6 rings (SSSR count). The average Bonchev–Trinajstić information content (AvgIpc) is 3.44. The van der Waals surface area contributed by atoms with Crippen LogP contribution in [0.3, 0.4) is 0 Å². The summed E-state index contributed by atoms with van der Waals surface area (Å²) in [7, 11) is 0. The molecule has 6 aliphatic carbocycles. The molecule has 0 aromatic carbocycles. The molecule has 0 heterocycles. The van der Waals surface area contributed by atoms with Crippen molar-refractivity contribution < 1.29 is 33.6 Å². The number of rotatable bonds is 4. The average molecular weight is 547 g/mol. The fourth-order valence-electron chi connectivity index (χ4n) is 8.41. The summed E-state index contributed by atoms with van der Waals surface area (Å²) in [5.41, 5.74) is 0.0491. The Balaban J connectivity index is 0.000000174. The summed E-state index contributed by atoms with van der Waals surface area (Å²) in [4.78, 5) is 79.5. The number of hydrogen-bond acceptors (Lipinski definition) is 7. The number of fused-ring (bicyclic) bond motifs is 4. The minimum absolute atomic E-state index is 0.0601. The van der Waals surface area contributed by atoms with E-state index in [1.165, 1.54) is 36.5 Å². The SMILES string of the molecule is C=O.CC1(C)C2CCC1(CC1=CC(=O)C=CC1=O)C(=O)C2.CC1(C)C2CCC1(CC1=CC(=O)C=CC1=O)C(=O)C2. The molecule has 4 saturated carbocycles. The number of carbonyl (C=O) groups excluding carboxylic acids is 7. The Hall–Kier alpha value is -3.35. The highest BCUT2D eigenvalue weighted by Crippen LogP contribution is 2.67. The zero-order valence-electron chi connectivity index (χ0n) is 23.8. The van der Waals surface area contributed by atoms with Crippen LogP contribution in [0.2, 0.25) is 0 Å². The Labute approximate surface area is 235 Å². The molecule has 7 heteroatoms. The van der Waals surface area contributed by atoms with Crippen LogP contribution in [0, 0.1) is 33.5 Å². The summed E-state index contributed by atoms with van der Waals surface area (Å²) in [5, 5.41) is 0. The molecule has 0 aliphatic heterocycles. The van der Waals surface area contributed by atoms with E-state index in [1.807, 2.05) is 6.79 Å². The zero-order chi connectivity index (χ0) is 29.7. The fourth-order valence-corrected chi connectivity index (χ4v) is 8.41. The van der Waals surface area contributed by atoms with Gasteiger partial charge in [0.1, 0.15) is 18.4 Å². The molecule has 40 heavy (non-hydrogen) atoms. The third-order valence-corrected chi connectivity index (χ3v) is 11.3. The van der Waals surface area contributed by atoms with E-state index in [4.69, 9.17) is 4.79 Å². The Morgan fingerprint density at radius 1 is 0.625 bits per heavy atom. The van der Waals surface area contributed by atoms with Gasteiger partial charge in [0.15, 0.2) is 23.1 Å². The van der Waals surface area contributed by atoms with Crippen molar-refractivity contribution in [3.8, 4) is 0 Å². The molecule has 7 nitrogen and oxygen atoms in total. The fraction of sp³-hybridized carbons (Fsp3) is 0.545. The molecule has 4 bridgehead atoms. The van der Waals surface area contributed by atoms with Gasteiger partial charge >= 0.3 is 0 Å². The third kappa shape index (κ3) is 4.38. The van der Waals surface area contributed by atoms with Crippen LogP contribution in [0.4, 0.5) is 0 Å². The van der Waals surface area contributed by atoms with Crippen LogP contribution in [0.1, 0.15) is 79.1 Å². The Bertz CT molecular complexity index is 1220. The van der Waals surface area contributed by atoms with Gasteiger partial charge in [0.05, 0.1) is 0 Å². The summed E-state index contributed by atoms with van der Waals surface area (Å²) < 4.78 is 0. The maximum Gasteiger partial charge on any atom is 0.182 e. The van der Waals surface area contributed by atoms with Crippen molar-refractivity contribution in [3.63, 3.8) is 0 Å². The van der Waals surface area contributed by atoms with Crippen LogP contribution < -0.4 is 0 Å². The van der Waals surface area contributed by atoms with E-state index in [0.717, 1.165) is 25.7 Å². The first kappa shape index (κ1) is 29.6. The lowest BCUT2D eigenvalue weighted by Gasteiger charge is -2.37. The number of ketones is 6. The van der Waals surface area contributed by atoms with Crippen LogP contribution in [0.25, 0.3) is 0 Å². The van der Waals surface area contributed by atoms with Gasteiger partial charge in [0, 0.05) is 34.8 Å². The van der Waals surface area contributed by atoms with Gasteiger partial charge in [0.2, 0.25) is 0 Å². The number of carbonyl (C=O) groups is 7. The van der Waals surface area contributed by atoms with E-state index in [2.05, 4.69) is 27.7 Å². The van der Waals surface area contributed by atoms with Crippen molar-refractivity contribution in [1.82, 2.24) is 0 Å². The second kappa shape index (κ2) is 10.2. The van der Waals surface area contributed by atoms with E-state index in [9.17, 15) is 28.8 Å². The first-order chi connectivity index (χ1) is 18.7. The Morgan fingerprint density at radius 2 is 0.975 bits per heavy atom. The molecule has 4 unspecified atom stereocenters. The number of Topliss-reactive ketones (excluding diaryl/α,β-unsaturated/α-hetero) is 2. The Morgan fingerprint density at radius 3 is 1.25 bits per heavy atom. The lowest BCUT2D eigenvalue weighted by atomic mass is 9.65. The van der Waals surface area contributed by atoms with Gasteiger partial charge < -0.3 is 4.79 Å². The first-order valence-electron chi connectivity index (χ1n) is 14.0. The molecule has 0 amide bonds. The van der Waals surface area contributed by atoms with Crippen LogP contribution in [0.15, 0.2) is 47.6 Å². The summed E-state index contributed by atoms with van der Waals surface area (Å²) in [6.45, 7) is 10.6. The predicted molar refractivity (Wildman–Crippen MR) is 148 cm³/mol. The highest BCUT2D eigenvalue weighted by molar-refractivity contribution is 6.18. The van der Waals surface area contributed by atoms with Crippen molar-refractivity contribution in [2.24, 2.45) is 33.5 Å². The van der Waals surface area contributed by atoms with E-state index in [0.29, 0.717) is 48.7 Å². The van der Waals surface area contributed by atoms with E-state index in [1.54, 1.807) is 0 Å². The summed E-state index contributed by atoms with van der Waals surface area (Å²) in [6, 6.07) is 0. The van der Waals surface area contributed by atoms with E-state index >= 15 is 0 Å². The number of hydrogen-bond donors (Lipinski definition) is 0. The lowest BCUT2D eigenvalue weighted by molar-refractivity contribution is -0.130. The molecule has 0 spiro atoms. The Kier molecular flexibility index (Phi) is 7.59. The van der Waals surface area contributed by atoms with Gasteiger partial charge in [0.25, 0.3) is 0 Å². The maximum atomic E-state index is 12.4. The highest BCUT2D eigenvalue weighted by Gasteiger charge is 2.65. The maximum absolute atomic E-state index is 12.4. The van der Waals surface area contributed by atoms with Crippen molar-refractivity contribution in [2.45, 2.75) is 79.1 Å². The van der Waals surface area contributed by atoms with Gasteiger partial charge in [-0.15, -0.1) is 0 Å². The molecule has 0 aromatic rings. The normalized spacial score (nSPS) is 34.3. The topological polar surface area (TPSA) is 119 Å². The molecular formula is C33H38O7.